The van der Waals surface area contributed by atoms with Gasteiger partial charge in [-0.2, -0.15) is 0 Å². The fourth-order valence-corrected chi connectivity index (χ4v) is 18.6. The summed E-state index contributed by atoms with van der Waals surface area (Å²) in [6.07, 6.45) is 28.3. The predicted molar refractivity (Wildman–Crippen MR) is 573 cm³/mol. The van der Waals surface area contributed by atoms with E-state index < -0.39 is 23.9 Å². The van der Waals surface area contributed by atoms with E-state index in [1.807, 2.05) is 178 Å². The number of anilines is 8. The van der Waals surface area contributed by atoms with Gasteiger partial charge in [0.05, 0.1) is 56.0 Å². The molecule has 18 aromatic rings. The summed E-state index contributed by atoms with van der Waals surface area (Å²) in [5.74, 6) is 2.03. The predicted octanol–water partition coefficient (Wildman–Crippen LogP) is 28.9. The smallest absolute Gasteiger partial charge is 0.335 e. The highest BCUT2D eigenvalue weighted by molar-refractivity contribution is 7.17. The van der Waals surface area contributed by atoms with Crippen LogP contribution in [0.25, 0.3) is 113 Å². The molecule has 0 radical (unpaired) electrons. The normalized spacial score (nSPS) is 11.2. The number of hydrogen-bond donors (Lipinski definition) is 8. The summed E-state index contributed by atoms with van der Waals surface area (Å²) >= 11 is 6.54. The molecule has 700 valence electrons. The van der Waals surface area contributed by atoms with Crippen molar-refractivity contribution in [2.45, 2.75) is 92.9 Å². The van der Waals surface area contributed by atoms with Crippen molar-refractivity contribution in [3.63, 3.8) is 0 Å². The SMILES string of the molecule is C=CCc1c(C)nc(-c2ccc(/C=C/c3coc4ccccc34)s2)nc1Nc1ccc(C(=O)O)cc1.C=CCc1c(CC)nc(-c2ccc(/C=C/c3coc4ccccc34)s2)nc1Nc1ccc(C(=O)O)cc1.CCc1c(C)nc(-c2ccc(/C=C/c3ccccc3)s2)nc1Nc1ccc(CC(=O)O)cc1.CCc1nc(-c2ccc(/C=C/c3ccccc3)s2)nc(Nc2ccc(CC(=O)O)cc2)c1CC. The van der Waals surface area contributed by atoms with Gasteiger partial charge >= 0.3 is 23.9 Å². The molecular formula is C114H100N12O10S4. The van der Waals surface area contributed by atoms with Crippen LogP contribution in [0.1, 0.15) is 146 Å². The third kappa shape index (κ3) is 25.8. The third-order valence-corrected chi connectivity index (χ3v) is 26.6. The van der Waals surface area contributed by atoms with E-state index in [0.717, 1.165) is 199 Å². The number of aromatic carboxylic acids is 2. The van der Waals surface area contributed by atoms with E-state index in [-0.39, 0.29) is 24.0 Å². The number of furan rings is 2. The maximum absolute atomic E-state index is 11.2. The van der Waals surface area contributed by atoms with Crippen LogP contribution in [-0.4, -0.2) is 84.2 Å². The summed E-state index contributed by atoms with van der Waals surface area (Å²) in [4.78, 5) is 91.3. The Labute approximate surface area is 826 Å². The van der Waals surface area contributed by atoms with Crippen molar-refractivity contribution in [3.8, 4) is 42.8 Å². The number of nitrogens with zero attached hydrogens (tertiary/aromatic N) is 8. The lowest BCUT2D eigenvalue weighted by Crippen LogP contribution is -2.07. The molecule has 0 unspecified atom stereocenters. The third-order valence-electron chi connectivity index (χ3n) is 22.4. The molecule has 0 amide bonds. The lowest BCUT2D eigenvalue weighted by Gasteiger charge is -2.15. The molecule has 0 bridgehead atoms. The summed E-state index contributed by atoms with van der Waals surface area (Å²) < 4.78 is 11.3. The topological polar surface area (TPSA) is 327 Å². The van der Waals surface area contributed by atoms with Gasteiger partial charge in [-0.25, -0.2) is 49.5 Å². The van der Waals surface area contributed by atoms with Crippen LogP contribution in [0.15, 0.2) is 301 Å². The molecule has 140 heavy (non-hydrogen) atoms. The van der Waals surface area contributed by atoms with Crippen molar-refractivity contribution in [3.05, 3.63) is 402 Å². The maximum atomic E-state index is 11.2. The van der Waals surface area contributed by atoms with Crippen LogP contribution in [0.2, 0.25) is 0 Å². The number of para-hydroxylation sites is 2. The number of hydrogen-bond acceptors (Lipinski definition) is 22. The number of nitrogens with one attached hydrogen (secondary N) is 4. The molecule has 18 rings (SSSR count). The number of rotatable bonds is 34. The van der Waals surface area contributed by atoms with Gasteiger partial charge in [-0.05, 0) is 245 Å². The fraction of sp³-hybridized carbons (Fsp3) is 0.123. The number of allylic oxidation sites excluding steroid dienone is 2. The second-order valence-electron chi connectivity index (χ2n) is 32.1. The highest BCUT2D eigenvalue weighted by Gasteiger charge is 2.22. The molecule has 10 heterocycles. The molecular weight excluding hydrogens is 1830 g/mol. The van der Waals surface area contributed by atoms with Gasteiger partial charge < -0.3 is 50.5 Å². The van der Waals surface area contributed by atoms with Crippen molar-refractivity contribution in [2.24, 2.45) is 0 Å². The molecule has 0 aliphatic heterocycles. The van der Waals surface area contributed by atoms with Crippen LogP contribution in [0.4, 0.5) is 46.0 Å². The first kappa shape index (κ1) is 98.0. The lowest BCUT2D eigenvalue weighted by atomic mass is 10.1. The second kappa shape index (κ2) is 47.3. The van der Waals surface area contributed by atoms with Gasteiger partial charge in [0, 0.05) is 109 Å². The maximum Gasteiger partial charge on any atom is 0.335 e. The van der Waals surface area contributed by atoms with Crippen LogP contribution in [-0.2, 0) is 61.0 Å². The minimum absolute atomic E-state index is 0.0106. The molecule has 22 nitrogen and oxygen atoms in total. The van der Waals surface area contributed by atoms with Gasteiger partial charge in [0.2, 0.25) is 0 Å². The Kier molecular flexibility index (Phi) is 33.1. The van der Waals surface area contributed by atoms with E-state index in [2.05, 4.69) is 165 Å². The average Bonchev–Trinajstić information content (AvgIpc) is 1.89. The van der Waals surface area contributed by atoms with Crippen molar-refractivity contribution >= 4 is 186 Å². The molecule has 8 aromatic carbocycles. The number of carboxylic acid groups (broad SMARTS) is 4. The van der Waals surface area contributed by atoms with Gasteiger partial charge in [0.25, 0.3) is 0 Å². The number of benzene rings is 8. The molecule has 0 aliphatic rings. The zero-order valence-electron chi connectivity index (χ0n) is 77.7. The molecule has 26 heteroatoms. The minimum Gasteiger partial charge on any atom is -0.481 e. The van der Waals surface area contributed by atoms with Crippen LogP contribution < -0.4 is 21.3 Å². The molecule has 0 aliphatic carbocycles. The highest BCUT2D eigenvalue weighted by Crippen LogP contribution is 2.39. The molecule has 0 spiro atoms. The first-order valence-corrected chi connectivity index (χ1v) is 48.7. The monoisotopic (exact) mass is 1920 g/mol. The summed E-state index contributed by atoms with van der Waals surface area (Å²) in [7, 11) is 0. The number of carboxylic acids is 4. The Bertz CT molecular complexity index is 7560. The molecule has 10 aromatic heterocycles. The Hall–Kier alpha value is -16.5. The van der Waals surface area contributed by atoms with Gasteiger partial charge in [-0.3, -0.25) is 9.59 Å². The van der Waals surface area contributed by atoms with E-state index in [4.69, 9.17) is 64.0 Å². The van der Waals surface area contributed by atoms with E-state index in [0.29, 0.717) is 47.8 Å². The van der Waals surface area contributed by atoms with Crippen LogP contribution in [0, 0.1) is 13.8 Å². The van der Waals surface area contributed by atoms with Crippen molar-refractivity contribution in [1.82, 2.24) is 39.9 Å². The molecule has 8 N–H and O–H groups in total. The van der Waals surface area contributed by atoms with E-state index in [9.17, 15) is 24.3 Å². The summed E-state index contributed by atoms with van der Waals surface area (Å²) in [6, 6.07) is 80.9. The number of aryl methyl sites for hydroxylation is 4. The Morgan fingerprint density at radius 1 is 0.329 bits per heavy atom. The Morgan fingerprint density at radius 2 is 0.643 bits per heavy atom. The second-order valence-corrected chi connectivity index (χ2v) is 36.6. The number of aromatic nitrogens is 8. The minimum atomic E-state index is -0.961. The van der Waals surface area contributed by atoms with Crippen LogP contribution in [0.3, 0.4) is 0 Å². The van der Waals surface area contributed by atoms with Gasteiger partial charge in [-0.15, -0.1) is 58.5 Å². The number of thiophene rings is 4. The molecule has 0 saturated heterocycles. The molecule has 0 saturated carbocycles. The number of fused-ring (bicyclic) bond motifs is 2. The fourth-order valence-electron chi connectivity index (χ4n) is 15.3. The zero-order chi connectivity index (χ0) is 98.0. The first-order valence-electron chi connectivity index (χ1n) is 45.4. The van der Waals surface area contributed by atoms with Crippen molar-refractivity contribution < 1.29 is 48.4 Å². The van der Waals surface area contributed by atoms with Gasteiger partial charge in [-0.1, -0.05) is 173 Å². The van der Waals surface area contributed by atoms with Crippen LogP contribution >= 0.6 is 45.3 Å². The van der Waals surface area contributed by atoms with Gasteiger partial charge in [0.1, 0.15) is 34.4 Å². The van der Waals surface area contributed by atoms with Crippen LogP contribution in [0.5, 0.6) is 0 Å². The summed E-state index contributed by atoms with van der Waals surface area (Å²) in [5, 5.41) is 52.0. The Morgan fingerprint density at radius 3 is 1.00 bits per heavy atom. The molecule has 0 fully saturated rings. The van der Waals surface area contributed by atoms with E-state index in [1.165, 1.54) is 0 Å². The number of aliphatic carboxylic acids is 2. The summed E-state index contributed by atoms with van der Waals surface area (Å²) in [5.41, 5.74) is 19.2. The van der Waals surface area contributed by atoms with E-state index in [1.54, 1.807) is 106 Å². The largest absolute Gasteiger partial charge is 0.481 e. The quantitative estimate of drug-likeness (QED) is 0.0174. The standard InChI is InChI=1S/C30H25N3O3S.C29H23N3O3S.C28H27N3O2S.C27H25N3O2S/c1-3-7-24-25(4-2)32-29(33-28(24)31-21-13-10-19(11-14-21)30(34)35)27-17-16-22(37-27)15-12-20-18-36-26-9-6-5-8-23(20)26;1-3-6-23-18(2)30-28(32-27(23)31-21-12-9-19(10-13-21)29(33)34)26-16-15-22(36-26)14-11-20-17-35-25-8-5-4-7-24(20)25;1-3-23-24(4-2)30-28(25-17-16-22(34-25)15-12-19-8-6-5-7-9-19)31-27(23)29-21-13-10-20(11-14-21)18-26(32)33;1-3-23-18(2)28-27(24-16-15-22(33-24)14-11-19-7-5-4-6-8-19)30-26(23)29-21-12-9-20(10-13-21)17-25(31)32/h3,5-6,8-18H,1,4,7H2,2H3,(H,34,35)(H,31,32,33);3-5,7-17H,1,6H2,2H3,(H,33,34)(H,30,31,32);5-17H,3-4,18H2,1-2H3,(H,32,33)(H,29,30,31);4-16H,3,17H2,1-2H3,(H,31,32)(H,28,29,30)/b15-12+;14-11+;15-12+;14-11+. The average molecular weight is 1930 g/mol. The highest BCUT2D eigenvalue weighted by atomic mass is 32.1. The Balaban J connectivity index is 0.000000141. The number of carbonyl (C=O) groups is 4. The first-order chi connectivity index (χ1) is 68.1. The van der Waals surface area contributed by atoms with Gasteiger partial charge in [0.15, 0.2) is 23.3 Å². The van der Waals surface area contributed by atoms with Crippen molar-refractivity contribution in [2.75, 3.05) is 21.3 Å². The lowest BCUT2D eigenvalue weighted by molar-refractivity contribution is -0.137. The molecule has 0 atom stereocenters. The van der Waals surface area contributed by atoms with E-state index >= 15 is 0 Å². The summed E-state index contributed by atoms with van der Waals surface area (Å²) in [6.45, 7) is 20.1. The van der Waals surface area contributed by atoms with Crippen molar-refractivity contribution in [1.29, 1.82) is 0 Å². The zero-order valence-corrected chi connectivity index (χ0v) is 81.0.